The first kappa shape index (κ1) is 15.8. The molecule has 1 aromatic heterocycles. The van der Waals surface area contributed by atoms with Gasteiger partial charge in [0.2, 0.25) is 0 Å². The highest BCUT2D eigenvalue weighted by atomic mass is 127. The van der Waals surface area contributed by atoms with E-state index in [-0.39, 0.29) is 0 Å². The molecule has 4 aromatic rings. The zero-order valence-corrected chi connectivity index (χ0v) is 17.1. The minimum atomic E-state index is -0.398. The minimum absolute atomic E-state index is 0.398. The Labute approximate surface area is 176 Å². The third-order valence-corrected chi connectivity index (χ3v) is 7.42. The van der Waals surface area contributed by atoms with E-state index in [0.29, 0.717) is 0 Å². The standard InChI is InChI=1S/C24H13ClIN/c25-22-20(26)13-27-23-16-9-3-6-12-19(16)24(21(22)23)17-10-4-1-7-14(17)15-8-2-5-11-18(15)24/h1-13H. The number of halogens is 2. The highest BCUT2D eigenvalue weighted by Gasteiger charge is 2.53. The van der Waals surface area contributed by atoms with Crippen LogP contribution in [-0.4, -0.2) is 4.98 Å². The lowest BCUT2D eigenvalue weighted by Crippen LogP contribution is -2.26. The lowest BCUT2D eigenvalue weighted by molar-refractivity contribution is 0.790. The molecule has 0 saturated heterocycles. The minimum Gasteiger partial charge on any atom is -0.255 e. The first-order chi connectivity index (χ1) is 13.2. The van der Waals surface area contributed by atoms with Gasteiger partial charge in [-0.1, -0.05) is 84.4 Å². The first-order valence-electron chi connectivity index (χ1n) is 8.88. The van der Waals surface area contributed by atoms with Crippen molar-refractivity contribution >= 4 is 34.2 Å². The van der Waals surface area contributed by atoms with E-state index < -0.39 is 5.41 Å². The van der Waals surface area contributed by atoms with E-state index in [9.17, 15) is 0 Å². The van der Waals surface area contributed by atoms with Gasteiger partial charge in [-0.15, -0.1) is 0 Å². The maximum absolute atomic E-state index is 6.98. The van der Waals surface area contributed by atoms with Gasteiger partial charge in [-0.2, -0.15) is 0 Å². The summed E-state index contributed by atoms with van der Waals surface area (Å²) >= 11 is 9.28. The van der Waals surface area contributed by atoms with Crippen LogP contribution in [-0.2, 0) is 5.41 Å². The Morgan fingerprint density at radius 1 is 0.704 bits per heavy atom. The van der Waals surface area contributed by atoms with Gasteiger partial charge < -0.3 is 0 Å². The molecule has 0 bridgehead atoms. The molecule has 0 unspecified atom stereocenters. The molecule has 1 heterocycles. The summed E-state index contributed by atoms with van der Waals surface area (Å²) in [4.78, 5) is 4.83. The van der Waals surface area contributed by atoms with Gasteiger partial charge in [0, 0.05) is 17.3 Å². The van der Waals surface area contributed by atoms with Gasteiger partial charge in [-0.05, 0) is 50.4 Å². The molecule has 0 radical (unpaired) electrons. The second kappa shape index (κ2) is 5.43. The third-order valence-electron chi connectivity index (χ3n) is 5.89. The fourth-order valence-corrected chi connectivity index (χ4v) is 5.65. The number of hydrogen-bond acceptors (Lipinski definition) is 1. The van der Waals surface area contributed by atoms with E-state index in [0.717, 1.165) is 19.9 Å². The number of pyridine rings is 1. The molecule has 0 N–H and O–H groups in total. The lowest BCUT2D eigenvalue weighted by atomic mass is 9.71. The molecular weight excluding hydrogens is 465 g/mol. The Balaban J connectivity index is 1.90. The van der Waals surface area contributed by atoms with Crippen molar-refractivity contribution in [2.75, 3.05) is 0 Å². The maximum atomic E-state index is 6.98. The van der Waals surface area contributed by atoms with E-state index in [1.807, 2.05) is 6.20 Å². The number of fused-ring (bicyclic) bond motifs is 10. The van der Waals surface area contributed by atoms with Crippen LogP contribution in [0.5, 0.6) is 0 Å². The molecule has 3 aromatic carbocycles. The van der Waals surface area contributed by atoms with Gasteiger partial charge in [-0.25, -0.2) is 0 Å². The van der Waals surface area contributed by atoms with Crippen molar-refractivity contribution in [3.05, 3.63) is 110 Å². The summed E-state index contributed by atoms with van der Waals surface area (Å²) in [5, 5.41) is 0.809. The van der Waals surface area contributed by atoms with Crippen LogP contribution >= 0.6 is 34.2 Å². The van der Waals surface area contributed by atoms with Gasteiger partial charge in [-0.3, -0.25) is 4.98 Å². The monoisotopic (exact) mass is 477 g/mol. The van der Waals surface area contributed by atoms with Crippen LogP contribution in [0.3, 0.4) is 0 Å². The van der Waals surface area contributed by atoms with Crippen LogP contribution in [0.25, 0.3) is 22.4 Å². The number of hydrogen-bond donors (Lipinski definition) is 0. The molecule has 2 aliphatic carbocycles. The van der Waals surface area contributed by atoms with E-state index in [2.05, 4.69) is 95.4 Å². The van der Waals surface area contributed by atoms with Gasteiger partial charge in [0.25, 0.3) is 0 Å². The Morgan fingerprint density at radius 2 is 1.19 bits per heavy atom. The van der Waals surface area contributed by atoms with Crippen molar-refractivity contribution in [1.82, 2.24) is 4.98 Å². The number of aromatic nitrogens is 1. The Morgan fingerprint density at radius 3 is 1.78 bits per heavy atom. The molecule has 0 atom stereocenters. The average molecular weight is 478 g/mol. The zero-order chi connectivity index (χ0) is 18.2. The molecule has 128 valence electrons. The molecule has 0 amide bonds. The number of benzene rings is 3. The van der Waals surface area contributed by atoms with Gasteiger partial charge >= 0.3 is 0 Å². The van der Waals surface area contributed by atoms with Crippen molar-refractivity contribution in [2.45, 2.75) is 5.41 Å². The molecule has 1 spiro atoms. The lowest BCUT2D eigenvalue weighted by Gasteiger charge is -2.30. The van der Waals surface area contributed by atoms with Crippen LogP contribution in [0.1, 0.15) is 22.3 Å². The van der Waals surface area contributed by atoms with Crippen LogP contribution < -0.4 is 0 Å². The Kier molecular flexibility index (Phi) is 3.19. The summed E-state index contributed by atoms with van der Waals surface area (Å²) in [5.74, 6) is 0. The topological polar surface area (TPSA) is 12.9 Å². The summed E-state index contributed by atoms with van der Waals surface area (Å²) < 4.78 is 0.988. The largest absolute Gasteiger partial charge is 0.255 e. The molecule has 27 heavy (non-hydrogen) atoms. The predicted octanol–water partition coefficient (Wildman–Crippen LogP) is 6.68. The SMILES string of the molecule is Clc1c(I)cnc2c1C1(c3ccccc3-c3ccccc31)c1ccccc1-2. The Hall–Kier alpha value is -2.17. The molecular formula is C24H13ClIN. The van der Waals surface area contributed by atoms with Crippen LogP contribution in [0.4, 0.5) is 0 Å². The molecule has 0 fully saturated rings. The molecule has 6 rings (SSSR count). The summed E-state index contributed by atoms with van der Waals surface area (Å²) in [6.07, 6.45) is 1.88. The van der Waals surface area contributed by atoms with E-state index in [1.54, 1.807) is 0 Å². The normalized spacial score (nSPS) is 14.6. The highest BCUT2D eigenvalue weighted by Crippen LogP contribution is 2.63. The van der Waals surface area contributed by atoms with Gasteiger partial charge in [0.15, 0.2) is 0 Å². The fraction of sp³-hybridized carbons (Fsp3) is 0.0417. The summed E-state index contributed by atoms with van der Waals surface area (Å²) in [5.41, 5.74) is 9.33. The summed E-state index contributed by atoms with van der Waals surface area (Å²) in [6, 6.07) is 26.0. The quantitative estimate of drug-likeness (QED) is 0.222. The zero-order valence-electron chi connectivity index (χ0n) is 14.2. The van der Waals surface area contributed by atoms with E-state index in [4.69, 9.17) is 16.6 Å². The molecule has 3 heteroatoms. The maximum Gasteiger partial charge on any atom is 0.0768 e. The highest BCUT2D eigenvalue weighted by molar-refractivity contribution is 14.1. The van der Waals surface area contributed by atoms with Crippen molar-refractivity contribution in [3.63, 3.8) is 0 Å². The van der Waals surface area contributed by atoms with Crippen molar-refractivity contribution in [1.29, 1.82) is 0 Å². The predicted molar refractivity (Wildman–Crippen MR) is 118 cm³/mol. The summed E-state index contributed by atoms with van der Waals surface area (Å²) in [7, 11) is 0. The molecule has 2 aliphatic rings. The molecule has 0 saturated carbocycles. The van der Waals surface area contributed by atoms with E-state index >= 15 is 0 Å². The average Bonchev–Trinajstić information content (AvgIpc) is 3.18. The molecule has 0 aliphatic heterocycles. The second-order valence-electron chi connectivity index (χ2n) is 7.03. The van der Waals surface area contributed by atoms with Crippen LogP contribution in [0, 0.1) is 3.57 Å². The van der Waals surface area contributed by atoms with Crippen molar-refractivity contribution in [3.8, 4) is 22.4 Å². The van der Waals surface area contributed by atoms with Gasteiger partial charge in [0.05, 0.1) is 19.7 Å². The number of nitrogens with zero attached hydrogens (tertiary/aromatic N) is 1. The van der Waals surface area contributed by atoms with Crippen molar-refractivity contribution in [2.24, 2.45) is 0 Å². The molecule has 1 nitrogen and oxygen atoms in total. The van der Waals surface area contributed by atoms with E-state index in [1.165, 1.54) is 33.4 Å². The number of rotatable bonds is 0. The van der Waals surface area contributed by atoms with Crippen LogP contribution in [0.15, 0.2) is 79.0 Å². The van der Waals surface area contributed by atoms with Gasteiger partial charge in [0.1, 0.15) is 0 Å². The smallest absolute Gasteiger partial charge is 0.0768 e. The third kappa shape index (κ3) is 1.78. The first-order valence-corrected chi connectivity index (χ1v) is 10.3. The van der Waals surface area contributed by atoms with Crippen LogP contribution in [0.2, 0.25) is 5.02 Å². The summed E-state index contributed by atoms with van der Waals surface area (Å²) in [6.45, 7) is 0. The second-order valence-corrected chi connectivity index (χ2v) is 8.57. The Bertz CT molecular complexity index is 1200. The fourth-order valence-electron chi connectivity index (χ4n) is 4.96. The van der Waals surface area contributed by atoms with Crippen molar-refractivity contribution < 1.29 is 0 Å².